The Morgan fingerprint density at radius 1 is 1.21 bits per heavy atom. The molecule has 0 fully saturated rings. The van der Waals surface area contributed by atoms with Gasteiger partial charge in [0.2, 0.25) is 0 Å². The van der Waals surface area contributed by atoms with Gasteiger partial charge in [-0.1, -0.05) is 19.1 Å². The maximum Gasteiger partial charge on any atom is 0.141 e. The van der Waals surface area contributed by atoms with Crippen LogP contribution >= 0.6 is 0 Å². The fourth-order valence-electron chi connectivity index (χ4n) is 2.02. The van der Waals surface area contributed by atoms with Crippen LogP contribution in [0.1, 0.15) is 24.6 Å². The summed E-state index contributed by atoms with van der Waals surface area (Å²) in [5.41, 5.74) is -0.0866. The second-order valence-electron chi connectivity index (χ2n) is 4.30. The number of pyridine rings is 1. The standard InChI is InChI=1S/C15H16FNO2/c1-3-15(18,14-9-6-12(16)10-17-14)11-4-7-13(19-2)8-5-11/h4-10,18H,3H2,1-2H3. The zero-order valence-electron chi connectivity index (χ0n) is 10.9. The molecule has 0 saturated heterocycles. The molecule has 0 radical (unpaired) electrons. The van der Waals surface area contributed by atoms with Crippen LogP contribution in [-0.2, 0) is 5.60 Å². The Balaban J connectivity index is 2.43. The average molecular weight is 261 g/mol. The van der Waals surface area contributed by atoms with E-state index in [1.807, 2.05) is 6.92 Å². The summed E-state index contributed by atoms with van der Waals surface area (Å²) in [5.74, 6) is 0.297. The summed E-state index contributed by atoms with van der Waals surface area (Å²) >= 11 is 0. The zero-order valence-corrected chi connectivity index (χ0v) is 10.9. The first kappa shape index (κ1) is 13.5. The highest BCUT2D eigenvalue weighted by atomic mass is 19.1. The quantitative estimate of drug-likeness (QED) is 0.920. The van der Waals surface area contributed by atoms with Crippen LogP contribution in [0, 0.1) is 5.82 Å². The number of hydrogen-bond acceptors (Lipinski definition) is 3. The number of benzene rings is 1. The molecule has 0 amide bonds. The van der Waals surface area contributed by atoms with E-state index in [1.165, 1.54) is 12.1 Å². The topological polar surface area (TPSA) is 42.4 Å². The Labute approximate surface area is 111 Å². The first-order valence-corrected chi connectivity index (χ1v) is 6.09. The molecule has 1 unspecified atom stereocenters. The number of rotatable bonds is 4. The molecule has 0 spiro atoms. The van der Waals surface area contributed by atoms with Crippen molar-refractivity contribution in [1.29, 1.82) is 0 Å². The van der Waals surface area contributed by atoms with E-state index in [2.05, 4.69) is 4.98 Å². The molecule has 19 heavy (non-hydrogen) atoms. The molecule has 0 bridgehead atoms. The number of aromatic nitrogens is 1. The van der Waals surface area contributed by atoms with Gasteiger partial charge in [0.25, 0.3) is 0 Å². The zero-order chi connectivity index (χ0) is 13.9. The van der Waals surface area contributed by atoms with E-state index in [9.17, 15) is 9.50 Å². The third-order valence-corrected chi connectivity index (χ3v) is 3.23. The van der Waals surface area contributed by atoms with Gasteiger partial charge in [-0.15, -0.1) is 0 Å². The third kappa shape index (κ3) is 2.58. The SMILES string of the molecule is CCC(O)(c1ccc(OC)cc1)c1ccc(F)cn1. The first-order valence-electron chi connectivity index (χ1n) is 6.09. The lowest BCUT2D eigenvalue weighted by molar-refractivity contribution is 0.0717. The van der Waals surface area contributed by atoms with Crippen molar-refractivity contribution in [3.05, 3.63) is 59.7 Å². The lowest BCUT2D eigenvalue weighted by atomic mass is 9.87. The van der Waals surface area contributed by atoms with E-state index in [0.717, 1.165) is 6.20 Å². The van der Waals surface area contributed by atoms with Crippen molar-refractivity contribution in [1.82, 2.24) is 4.98 Å². The highest BCUT2D eigenvalue weighted by Gasteiger charge is 2.31. The number of halogens is 1. The van der Waals surface area contributed by atoms with Gasteiger partial charge in [-0.3, -0.25) is 4.98 Å². The molecule has 1 atom stereocenters. The first-order chi connectivity index (χ1) is 9.10. The maximum atomic E-state index is 12.9. The van der Waals surface area contributed by atoms with Crippen LogP contribution in [0.25, 0.3) is 0 Å². The van der Waals surface area contributed by atoms with Crippen LogP contribution in [0.3, 0.4) is 0 Å². The minimum absolute atomic E-state index is 0.420. The molecular weight excluding hydrogens is 245 g/mol. The van der Waals surface area contributed by atoms with Gasteiger partial charge >= 0.3 is 0 Å². The molecule has 1 aromatic carbocycles. The van der Waals surface area contributed by atoms with E-state index >= 15 is 0 Å². The molecule has 0 aliphatic rings. The second-order valence-corrected chi connectivity index (χ2v) is 4.30. The van der Waals surface area contributed by atoms with Crippen LogP contribution in [0.5, 0.6) is 5.75 Å². The van der Waals surface area contributed by atoms with Crippen molar-refractivity contribution in [2.75, 3.05) is 7.11 Å². The van der Waals surface area contributed by atoms with Crippen LogP contribution in [0.15, 0.2) is 42.6 Å². The monoisotopic (exact) mass is 261 g/mol. The minimum atomic E-state index is -1.22. The number of aliphatic hydroxyl groups is 1. The molecule has 0 aliphatic heterocycles. The Morgan fingerprint density at radius 2 is 1.89 bits per heavy atom. The fourth-order valence-corrected chi connectivity index (χ4v) is 2.02. The summed E-state index contributed by atoms with van der Waals surface area (Å²) in [6, 6.07) is 9.93. The molecule has 1 N–H and O–H groups in total. The molecule has 0 aliphatic carbocycles. The smallest absolute Gasteiger partial charge is 0.141 e. The molecule has 1 aromatic heterocycles. The molecule has 3 nitrogen and oxygen atoms in total. The maximum absolute atomic E-state index is 12.9. The second kappa shape index (κ2) is 5.36. The van der Waals surface area contributed by atoms with Crippen LogP contribution in [0.2, 0.25) is 0 Å². The lowest BCUT2D eigenvalue weighted by Crippen LogP contribution is -2.27. The van der Waals surface area contributed by atoms with Crippen molar-refractivity contribution in [2.24, 2.45) is 0 Å². The van der Waals surface area contributed by atoms with Crippen LogP contribution in [0.4, 0.5) is 4.39 Å². The Hall–Kier alpha value is -1.94. The van der Waals surface area contributed by atoms with Gasteiger partial charge in [0.05, 0.1) is 19.0 Å². The number of methoxy groups -OCH3 is 1. The minimum Gasteiger partial charge on any atom is -0.497 e. The molecular formula is C15H16FNO2. The molecule has 0 saturated carbocycles. The summed E-state index contributed by atoms with van der Waals surface area (Å²) < 4.78 is 18.0. The van der Waals surface area contributed by atoms with Crippen molar-refractivity contribution >= 4 is 0 Å². The lowest BCUT2D eigenvalue weighted by Gasteiger charge is -2.27. The number of nitrogens with zero attached hydrogens (tertiary/aromatic N) is 1. The molecule has 1 heterocycles. The highest BCUT2D eigenvalue weighted by Crippen LogP contribution is 2.32. The number of ether oxygens (including phenoxy) is 1. The van der Waals surface area contributed by atoms with Crippen LogP contribution in [-0.4, -0.2) is 17.2 Å². The summed E-state index contributed by atoms with van der Waals surface area (Å²) in [6.45, 7) is 1.86. The summed E-state index contributed by atoms with van der Waals surface area (Å²) in [7, 11) is 1.59. The predicted molar refractivity (Wildman–Crippen MR) is 70.5 cm³/mol. The fraction of sp³-hybridized carbons (Fsp3) is 0.267. The normalized spacial score (nSPS) is 13.9. The van der Waals surface area contributed by atoms with Gasteiger partial charge in [-0.2, -0.15) is 0 Å². The Kier molecular flexibility index (Phi) is 3.81. The summed E-state index contributed by atoms with van der Waals surface area (Å²) in [6.07, 6.45) is 1.55. The summed E-state index contributed by atoms with van der Waals surface area (Å²) in [4.78, 5) is 3.98. The predicted octanol–water partition coefficient (Wildman–Crippen LogP) is 2.88. The van der Waals surface area contributed by atoms with E-state index in [-0.39, 0.29) is 0 Å². The van der Waals surface area contributed by atoms with Gasteiger partial charge < -0.3 is 9.84 Å². The third-order valence-electron chi connectivity index (χ3n) is 3.23. The van der Waals surface area contributed by atoms with E-state index in [4.69, 9.17) is 4.74 Å². The Bertz CT molecular complexity index is 539. The van der Waals surface area contributed by atoms with Crippen molar-refractivity contribution < 1.29 is 14.2 Å². The van der Waals surface area contributed by atoms with Gasteiger partial charge in [-0.25, -0.2) is 4.39 Å². The molecule has 4 heteroatoms. The van der Waals surface area contributed by atoms with E-state index < -0.39 is 11.4 Å². The van der Waals surface area contributed by atoms with Gasteiger partial charge in [0, 0.05) is 0 Å². The van der Waals surface area contributed by atoms with Gasteiger partial charge in [0.15, 0.2) is 0 Å². The largest absolute Gasteiger partial charge is 0.497 e. The molecule has 2 aromatic rings. The summed E-state index contributed by atoms with van der Waals surface area (Å²) in [5, 5.41) is 10.8. The van der Waals surface area contributed by atoms with Gasteiger partial charge in [0.1, 0.15) is 17.2 Å². The average Bonchev–Trinajstić information content (AvgIpc) is 2.47. The van der Waals surface area contributed by atoms with Gasteiger partial charge in [-0.05, 0) is 36.2 Å². The number of hydrogen-bond donors (Lipinski definition) is 1. The van der Waals surface area contributed by atoms with Crippen molar-refractivity contribution in [2.45, 2.75) is 18.9 Å². The van der Waals surface area contributed by atoms with Crippen LogP contribution < -0.4 is 4.74 Å². The molecule has 2 rings (SSSR count). The van der Waals surface area contributed by atoms with E-state index in [1.54, 1.807) is 31.4 Å². The van der Waals surface area contributed by atoms with Crippen molar-refractivity contribution in [3.8, 4) is 5.75 Å². The highest BCUT2D eigenvalue weighted by molar-refractivity contribution is 5.36. The Morgan fingerprint density at radius 3 is 2.37 bits per heavy atom. The van der Waals surface area contributed by atoms with Crippen molar-refractivity contribution in [3.63, 3.8) is 0 Å². The van der Waals surface area contributed by atoms with E-state index in [0.29, 0.717) is 23.4 Å². The molecule has 100 valence electrons.